The van der Waals surface area contributed by atoms with Gasteiger partial charge in [-0.1, -0.05) is 0 Å². The number of piperidine rings is 1. The Morgan fingerprint density at radius 1 is 1.38 bits per heavy atom. The number of β-amino-alcohol motifs (C(OH)–C–C–N with tert-alkyl or cyclic N) is 1. The summed E-state index contributed by atoms with van der Waals surface area (Å²) in [4.78, 5) is 2.08. The molecule has 132 valence electrons. The van der Waals surface area contributed by atoms with Crippen LogP contribution in [0.3, 0.4) is 0 Å². The van der Waals surface area contributed by atoms with Crippen LogP contribution in [0.25, 0.3) is 0 Å². The minimum absolute atomic E-state index is 0.0285. The van der Waals surface area contributed by atoms with E-state index in [2.05, 4.69) is 20.2 Å². The van der Waals surface area contributed by atoms with Crippen LogP contribution in [0, 0.1) is 0 Å². The second-order valence-electron chi connectivity index (χ2n) is 6.19. The monoisotopic (exact) mass is 343 g/mol. The SMILES string of the molecule is O[C@H](CN1CCC[C@@H](c2cc(C(F)(F)F)n[nH]2)C1)Cn1cccn1. The molecule has 1 saturated heterocycles. The van der Waals surface area contributed by atoms with Gasteiger partial charge in [-0.15, -0.1) is 0 Å². The third kappa shape index (κ3) is 4.15. The second kappa shape index (κ2) is 6.94. The minimum atomic E-state index is -4.43. The number of aromatic amines is 1. The number of aliphatic hydroxyl groups excluding tert-OH is 1. The molecule has 0 aromatic carbocycles. The van der Waals surface area contributed by atoms with Crippen molar-refractivity contribution in [3.8, 4) is 0 Å². The Kier molecular flexibility index (Phi) is 4.91. The molecule has 2 aromatic rings. The van der Waals surface area contributed by atoms with Crippen LogP contribution in [0.5, 0.6) is 0 Å². The van der Waals surface area contributed by atoms with Crippen molar-refractivity contribution in [1.82, 2.24) is 24.9 Å². The highest BCUT2D eigenvalue weighted by Gasteiger charge is 2.35. The van der Waals surface area contributed by atoms with Gasteiger partial charge in [-0.3, -0.25) is 9.78 Å². The Hall–Kier alpha value is -1.87. The van der Waals surface area contributed by atoms with Crippen LogP contribution in [0.1, 0.15) is 30.1 Å². The molecule has 3 rings (SSSR count). The van der Waals surface area contributed by atoms with E-state index in [-0.39, 0.29) is 5.92 Å². The molecule has 1 aliphatic heterocycles. The largest absolute Gasteiger partial charge is 0.435 e. The van der Waals surface area contributed by atoms with Crippen LogP contribution >= 0.6 is 0 Å². The van der Waals surface area contributed by atoms with Gasteiger partial charge in [0.15, 0.2) is 5.69 Å². The fourth-order valence-electron chi connectivity index (χ4n) is 3.15. The van der Waals surface area contributed by atoms with Gasteiger partial charge in [0, 0.05) is 37.1 Å². The fourth-order valence-corrected chi connectivity index (χ4v) is 3.15. The lowest BCUT2D eigenvalue weighted by Gasteiger charge is -2.33. The molecule has 1 fully saturated rings. The maximum absolute atomic E-state index is 12.7. The maximum atomic E-state index is 12.7. The van der Waals surface area contributed by atoms with Gasteiger partial charge in [-0.2, -0.15) is 23.4 Å². The first kappa shape index (κ1) is 17.0. The van der Waals surface area contributed by atoms with E-state index in [1.54, 1.807) is 23.1 Å². The van der Waals surface area contributed by atoms with Crippen molar-refractivity contribution in [1.29, 1.82) is 0 Å². The van der Waals surface area contributed by atoms with Crippen molar-refractivity contribution in [3.05, 3.63) is 35.9 Å². The summed E-state index contributed by atoms with van der Waals surface area (Å²) in [5.74, 6) is -0.0285. The molecule has 0 unspecified atom stereocenters. The highest BCUT2D eigenvalue weighted by Crippen LogP contribution is 2.32. The van der Waals surface area contributed by atoms with Crippen molar-refractivity contribution in [2.75, 3.05) is 19.6 Å². The number of likely N-dealkylation sites (tertiary alicyclic amines) is 1. The van der Waals surface area contributed by atoms with Crippen molar-refractivity contribution in [2.45, 2.75) is 37.6 Å². The van der Waals surface area contributed by atoms with Gasteiger partial charge < -0.3 is 10.0 Å². The van der Waals surface area contributed by atoms with Crippen molar-refractivity contribution in [3.63, 3.8) is 0 Å². The zero-order valence-electron chi connectivity index (χ0n) is 13.1. The number of alkyl halides is 3. The van der Waals surface area contributed by atoms with Gasteiger partial charge in [0.1, 0.15) is 0 Å². The van der Waals surface area contributed by atoms with Crippen LogP contribution in [-0.2, 0) is 12.7 Å². The summed E-state index contributed by atoms with van der Waals surface area (Å²) >= 11 is 0. The van der Waals surface area contributed by atoms with Crippen LogP contribution in [0.2, 0.25) is 0 Å². The van der Waals surface area contributed by atoms with E-state index in [0.717, 1.165) is 25.5 Å². The van der Waals surface area contributed by atoms with E-state index in [9.17, 15) is 18.3 Å². The molecule has 0 amide bonds. The minimum Gasteiger partial charge on any atom is -0.390 e. The lowest BCUT2D eigenvalue weighted by Crippen LogP contribution is -2.40. The van der Waals surface area contributed by atoms with Gasteiger partial charge in [-0.05, 0) is 31.5 Å². The molecule has 1 aliphatic rings. The number of rotatable bonds is 5. The summed E-state index contributed by atoms with van der Waals surface area (Å²) in [7, 11) is 0. The topological polar surface area (TPSA) is 70.0 Å². The van der Waals surface area contributed by atoms with Crippen LogP contribution in [-0.4, -0.2) is 55.7 Å². The summed E-state index contributed by atoms with van der Waals surface area (Å²) in [5, 5.41) is 20.1. The normalized spacial score (nSPS) is 21.1. The van der Waals surface area contributed by atoms with Crippen molar-refractivity contribution in [2.24, 2.45) is 0 Å². The van der Waals surface area contributed by atoms with Gasteiger partial charge in [0.25, 0.3) is 0 Å². The number of hydrogen-bond donors (Lipinski definition) is 2. The number of H-pyrrole nitrogens is 1. The Bertz CT molecular complexity index is 640. The van der Waals surface area contributed by atoms with Crippen LogP contribution in [0.4, 0.5) is 13.2 Å². The lowest BCUT2D eigenvalue weighted by atomic mass is 9.94. The molecule has 0 radical (unpaired) electrons. The molecule has 0 saturated carbocycles. The molecule has 24 heavy (non-hydrogen) atoms. The third-order valence-corrected chi connectivity index (χ3v) is 4.26. The zero-order chi connectivity index (χ0) is 17.2. The van der Waals surface area contributed by atoms with Gasteiger partial charge in [-0.25, -0.2) is 0 Å². The van der Waals surface area contributed by atoms with Crippen molar-refractivity contribution >= 4 is 0 Å². The first-order valence-electron chi connectivity index (χ1n) is 7.92. The van der Waals surface area contributed by atoms with Gasteiger partial charge in [0.2, 0.25) is 0 Å². The number of aliphatic hydroxyl groups is 1. The summed E-state index contributed by atoms with van der Waals surface area (Å²) in [5.41, 5.74) is -0.373. The summed E-state index contributed by atoms with van der Waals surface area (Å²) in [6.45, 7) is 2.30. The lowest BCUT2D eigenvalue weighted by molar-refractivity contribution is -0.141. The van der Waals surface area contributed by atoms with E-state index >= 15 is 0 Å². The molecule has 2 aromatic heterocycles. The maximum Gasteiger partial charge on any atom is 0.435 e. The van der Waals surface area contributed by atoms with Crippen LogP contribution < -0.4 is 0 Å². The standard InChI is InChI=1S/C15H20F3N5O/c16-15(17,18)14-7-13(20-21-14)11-3-1-5-22(8-11)9-12(24)10-23-6-2-4-19-23/h2,4,6-7,11-12,24H,1,3,5,8-10H2,(H,20,21)/t11-,12-/m1/s1. The summed E-state index contributed by atoms with van der Waals surface area (Å²) in [6.07, 6.45) is 0.121. The molecule has 2 N–H and O–H groups in total. The molecule has 9 heteroatoms. The molecule has 0 bridgehead atoms. The molecule has 3 heterocycles. The Balaban J connectivity index is 1.57. The quantitative estimate of drug-likeness (QED) is 0.870. The number of aromatic nitrogens is 4. The Morgan fingerprint density at radius 3 is 2.88 bits per heavy atom. The van der Waals surface area contributed by atoms with E-state index in [4.69, 9.17) is 0 Å². The molecule has 6 nitrogen and oxygen atoms in total. The van der Waals surface area contributed by atoms with Crippen molar-refractivity contribution < 1.29 is 18.3 Å². The third-order valence-electron chi connectivity index (χ3n) is 4.26. The second-order valence-corrected chi connectivity index (χ2v) is 6.19. The summed E-state index contributed by atoms with van der Waals surface area (Å²) in [6, 6.07) is 2.88. The Morgan fingerprint density at radius 2 is 2.21 bits per heavy atom. The predicted octanol–water partition coefficient (Wildman–Crippen LogP) is 1.87. The average Bonchev–Trinajstić information content (AvgIpc) is 3.17. The molecule has 2 atom stereocenters. The Labute approximate surface area is 137 Å². The summed E-state index contributed by atoms with van der Waals surface area (Å²) < 4.78 is 39.7. The highest BCUT2D eigenvalue weighted by atomic mass is 19.4. The molecular formula is C15H20F3N5O. The molecule has 0 spiro atoms. The predicted molar refractivity (Wildman–Crippen MR) is 80.2 cm³/mol. The van der Waals surface area contributed by atoms with Gasteiger partial charge >= 0.3 is 6.18 Å². The first-order chi connectivity index (χ1) is 11.4. The number of nitrogens with one attached hydrogen (secondary N) is 1. The first-order valence-corrected chi connectivity index (χ1v) is 7.92. The number of nitrogens with zero attached hydrogens (tertiary/aromatic N) is 4. The van der Waals surface area contributed by atoms with E-state index < -0.39 is 18.0 Å². The van der Waals surface area contributed by atoms with Crippen LogP contribution in [0.15, 0.2) is 24.5 Å². The van der Waals surface area contributed by atoms with E-state index in [1.807, 2.05) is 0 Å². The number of halogens is 3. The van der Waals surface area contributed by atoms with Gasteiger partial charge in [0.05, 0.1) is 12.6 Å². The molecule has 0 aliphatic carbocycles. The number of hydrogen-bond acceptors (Lipinski definition) is 4. The molecular weight excluding hydrogens is 323 g/mol. The van der Waals surface area contributed by atoms with E-state index in [1.165, 1.54) is 0 Å². The average molecular weight is 343 g/mol. The van der Waals surface area contributed by atoms with E-state index in [0.29, 0.717) is 25.3 Å². The highest BCUT2D eigenvalue weighted by molar-refractivity contribution is 5.16. The fraction of sp³-hybridized carbons (Fsp3) is 0.600. The zero-order valence-corrected chi connectivity index (χ0v) is 13.1. The smallest absolute Gasteiger partial charge is 0.390 e.